The molecule has 0 aromatic heterocycles. The van der Waals surface area contributed by atoms with Gasteiger partial charge in [0.15, 0.2) is 0 Å². The van der Waals surface area contributed by atoms with Crippen molar-refractivity contribution in [1.29, 1.82) is 0 Å². The second-order valence-electron chi connectivity index (χ2n) is 4.44. The molecule has 0 heterocycles. The predicted octanol–water partition coefficient (Wildman–Crippen LogP) is 0.712. The number of rotatable bonds is 8. The predicted molar refractivity (Wildman–Crippen MR) is 61.4 cm³/mol. The first-order valence-corrected chi connectivity index (χ1v) is 5.14. The van der Waals surface area contributed by atoms with Crippen LogP contribution in [0.1, 0.15) is 13.8 Å². The highest BCUT2D eigenvalue weighted by molar-refractivity contribution is 4.80. The average Bonchev–Trinajstić information content (AvgIpc) is 2.03. The largest absolute Gasteiger partial charge is 0.395 e. The fraction of sp³-hybridized carbons (Fsp3) is 0.818. The lowest BCUT2D eigenvalue weighted by Gasteiger charge is -2.31. The Labute approximate surface area is 87.8 Å². The van der Waals surface area contributed by atoms with Crippen molar-refractivity contribution >= 4 is 0 Å². The van der Waals surface area contributed by atoms with Gasteiger partial charge in [0.1, 0.15) is 0 Å². The molecule has 0 aliphatic carbocycles. The first kappa shape index (κ1) is 13.6. The summed E-state index contributed by atoms with van der Waals surface area (Å²) in [5, 5.41) is 12.1. The molecule has 0 aliphatic rings. The Morgan fingerprint density at radius 2 is 2.14 bits per heavy atom. The number of hydrogen-bond donors (Lipinski definition) is 2. The van der Waals surface area contributed by atoms with Crippen LogP contribution in [0.15, 0.2) is 12.7 Å². The van der Waals surface area contributed by atoms with Crippen LogP contribution in [-0.4, -0.2) is 49.8 Å². The molecule has 0 radical (unpaired) electrons. The number of aliphatic hydroxyl groups excluding tert-OH is 1. The summed E-state index contributed by atoms with van der Waals surface area (Å²) in [5.74, 6) is 0. The Hall–Kier alpha value is -0.380. The highest BCUT2D eigenvalue weighted by Crippen LogP contribution is 2.15. The minimum atomic E-state index is 0.212. The summed E-state index contributed by atoms with van der Waals surface area (Å²) in [6, 6.07) is 0. The van der Waals surface area contributed by atoms with E-state index >= 15 is 0 Å². The fourth-order valence-electron chi connectivity index (χ4n) is 1.70. The summed E-state index contributed by atoms with van der Waals surface area (Å²) in [7, 11) is 1.96. The summed E-state index contributed by atoms with van der Waals surface area (Å²) in [5.41, 5.74) is 0.229. The van der Waals surface area contributed by atoms with E-state index < -0.39 is 0 Å². The average molecular weight is 200 g/mol. The maximum Gasteiger partial charge on any atom is 0.0558 e. The van der Waals surface area contributed by atoms with Gasteiger partial charge in [-0.1, -0.05) is 19.9 Å². The molecule has 0 saturated heterocycles. The number of aliphatic hydroxyl groups is 1. The number of nitrogens with one attached hydrogen (secondary N) is 1. The molecule has 0 aromatic carbocycles. The Bertz CT molecular complexity index is 157. The molecule has 0 bridgehead atoms. The van der Waals surface area contributed by atoms with Crippen molar-refractivity contribution in [2.45, 2.75) is 13.8 Å². The van der Waals surface area contributed by atoms with Crippen LogP contribution in [0.25, 0.3) is 0 Å². The van der Waals surface area contributed by atoms with Gasteiger partial charge in [0.2, 0.25) is 0 Å². The Morgan fingerprint density at radius 1 is 1.50 bits per heavy atom. The van der Waals surface area contributed by atoms with Crippen LogP contribution in [0.5, 0.6) is 0 Å². The highest BCUT2D eigenvalue weighted by Gasteiger charge is 2.19. The molecular weight excluding hydrogens is 176 g/mol. The minimum Gasteiger partial charge on any atom is -0.395 e. The Kier molecular flexibility index (Phi) is 6.79. The normalized spacial score (nSPS) is 12.1. The van der Waals surface area contributed by atoms with Crippen molar-refractivity contribution in [3.8, 4) is 0 Å². The second-order valence-corrected chi connectivity index (χ2v) is 4.44. The molecule has 2 N–H and O–H groups in total. The van der Waals surface area contributed by atoms with Gasteiger partial charge in [-0.3, -0.25) is 4.90 Å². The molecular formula is C11H24N2O. The molecule has 0 fully saturated rings. The third kappa shape index (κ3) is 6.13. The van der Waals surface area contributed by atoms with Gasteiger partial charge in [-0.05, 0) is 12.5 Å². The molecule has 0 aromatic rings. The lowest BCUT2D eigenvalue weighted by atomic mass is 9.92. The van der Waals surface area contributed by atoms with Gasteiger partial charge in [-0.15, -0.1) is 6.58 Å². The van der Waals surface area contributed by atoms with Crippen molar-refractivity contribution in [2.75, 3.05) is 39.8 Å². The lowest BCUT2D eigenvalue weighted by Crippen LogP contribution is -2.40. The van der Waals surface area contributed by atoms with Crippen molar-refractivity contribution in [1.82, 2.24) is 10.2 Å². The summed E-state index contributed by atoms with van der Waals surface area (Å²) >= 11 is 0. The second kappa shape index (κ2) is 6.98. The fourth-order valence-corrected chi connectivity index (χ4v) is 1.70. The third-order valence-corrected chi connectivity index (χ3v) is 2.11. The zero-order chi connectivity index (χ0) is 11.0. The van der Waals surface area contributed by atoms with Gasteiger partial charge in [0, 0.05) is 26.2 Å². The zero-order valence-electron chi connectivity index (χ0n) is 9.71. The molecule has 14 heavy (non-hydrogen) atoms. The van der Waals surface area contributed by atoms with E-state index in [-0.39, 0.29) is 12.0 Å². The monoisotopic (exact) mass is 200 g/mol. The van der Waals surface area contributed by atoms with E-state index in [9.17, 15) is 0 Å². The summed E-state index contributed by atoms with van der Waals surface area (Å²) in [4.78, 5) is 2.21. The van der Waals surface area contributed by atoms with Crippen molar-refractivity contribution < 1.29 is 5.11 Å². The van der Waals surface area contributed by atoms with Crippen LogP contribution in [0.3, 0.4) is 0 Å². The molecule has 0 rings (SSSR count). The lowest BCUT2D eigenvalue weighted by molar-refractivity contribution is 0.155. The standard InChI is InChI=1S/C11H24N2O/c1-5-6-13(7-8-14)10-11(2,3)9-12-4/h5,12,14H,1,6-10H2,2-4H3. The molecule has 0 amide bonds. The van der Waals surface area contributed by atoms with Gasteiger partial charge in [0.25, 0.3) is 0 Å². The molecule has 0 saturated carbocycles. The Balaban J connectivity index is 4.04. The van der Waals surface area contributed by atoms with E-state index in [0.29, 0.717) is 0 Å². The minimum absolute atomic E-state index is 0.212. The molecule has 3 nitrogen and oxygen atoms in total. The zero-order valence-corrected chi connectivity index (χ0v) is 9.71. The quantitative estimate of drug-likeness (QED) is 0.567. The molecule has 0 aliphatic heterocycles. The van der Waals surface area contributed by atoms with Crippen LogP contribution in [0, 0.1) is 5.41 Å². The van der Waals surface area contributed by atoms with Gasteiger partial charge in [0.05, 0.1) is 6.61 Å². The highest BCUT2D eigenvalue weighted by atomic mass is 16.3. The van der Waals surface area contributed by atoms with E-state index in [1.165, 1.54) is 0 Å². The van der Waals surface area contributed by atoms with E-state index in [2.05, 4.69) is 30.6 Å². The van der Waals surface area contributed by atoms with Crippen LogP contribution in [0.4, 0.5) is 0 Å². The summed E-state index contributed by atoms with van der Waals surface area (Å²) in [6.45, 7) is 11.9. The van der Waals surface area contributed by atoms with E-state index in [1.807, 2.05) is 13.1 Å². The summed E-state index contributed by atoms with van der Waals surface area (Å²) in [6.07, 6.45) is 1.88. The van der Waals surface area contributed by atoms with Gasteiger partial charge >= 0.3 is 0 Å². The van der Waals surface area contributed by atoms with E-state index in [0.717, 1.165) is 26.2 Å². The van der Waals surface area contributed by atoms with Crippen LogP contribution in [-0.2, 0) is 0 Å². The van der Waals surface area contributed by atoms with Crippen LogP contribution >= 0.6 is 0 Å². The molecule has 0 spiro atoms. The first-order chi connectivity index (χ1) is 6.55. The SMILES string of the molecule is C=CCN(CCO)CC(C)(C)CNC. The van der Waals surface area contributed by atoms with Crippen molar-refractivity contribution in [3.63, 3.8) is 0 Å². The maximum atomic E-state index is 8.90. The topological polar surface area (TPSA) is 35.5 Å². The molecule has 0 atom stereocenters. The smallest absolute Gasteiger partial charge is 0.0558 e. The van der Waals surface area contributed by atoms with Gasteiger partial charge in [-0.2, -0.15) is 0 Å². The van der Waals surface area contributed by atoms with Crippen LogP contribution in [0.2, 0.25) is 0 Å². The maximum absolute atomic E-state index is 8.90. The van der Waals surface area contributed by atoms with E-state index in [4.69, 9.17) is 5.11 Å². The molecule has 3 heteroatoms. The first-order valence-electron chi connectivity index (χ1n) is 5.14. The molecule has 0 unspecified atom stereocenters. The summed E-state index contributed by atoms with van der Waals surface area (Å²) < 4.78 is 0. The van der Waals surface area contributed by atoms with Crippen molar-refractivity contribution in [2.24, 2.45) is 5.41 Å². The third-order valence-electron chi connectivity index (χ3n) is 2.11. The van der Waals surface area contributed by atoms with E-state index in [1.54, 1.807) is 0 Å². The van der Waals surface area contributed by atoms with Crippen LogP contribution < -0.4 is 5.32 Å². The number of hydrogen-bond acceptors (Lipinski definition) is 3. The molecule has 84 valence electrons. The number of nitrogens with zero attached hydrogens (tertiary/aromatic N) is 1. The van der Waals surface area contributed by atoms with Crippen molar-refractivity contribution in [3.05, 3.63) is 12.7 Å². The van der Waals surface area contributed by atoms with Gasteiger partial charge in [-0.25, -0.2) is 0 Å². The Morgan fingerprint density at radius 3 is 2.57 bits per heavy atom. The van der Waals surface area contributed by atoms with Gasteiger partial charge < -0.3 is 10.4 Å².